The molecule has 1 amide bonds. The molecule has 0 spiro atoms. The summed E-state index contributed by atoms with van der Waals surface area (Å²) in [5.74, 6) is 2.11. The Morgan fingerprint density at radius 3 is 2.44 bits per heavy atom. The first-order chi connectivity index (χ1) is 15.7. The Labute approximate surface area is 195 Å². The van der Waals surface area contributed by atoms with Crippen molar-refractivity contribution in [2.45, 2.75) is 88.1 Å². The molecule has 1 heterocycles. The summed E-state index contributed by atoms with van der Waals surface area (Å²) in [5, 5.41) is 12.7. The molecule has 32 heavy (non-hydrogen) atoms. The minimum absolute atomic E-state index is 0.0741. The maximum atomic E-state index is 12.5. The predicted molar refractivity (Wildman–Crippen MR) is 129 cm³/mol. The average molecular weight is 455 g/mol. The van der Waals surface area contributed by atoms with Gasteiger partial charge in [0.1, 0.15) is 5.75 Å². The topological polar surface area (TPSA) is 69.0 Å². The normalized spacial score (nSPS) is 17.8. The maximum absolute atomic E-state index is 12.5. The summed E-state index contributed by atoms with van der Waals surface area (Å²) in [7, 11) is 0. The summed E-state index contributed by atoms with van der Waals surface area (Å²) in [6.45, 7) is 4.47. The summed E-state index contributed by atoms with van der Waals surface area (Å²) in [6.07, 6.45) is 14.1. The summed E-state index contributed by atoms with van der Waals surface area (Å²) in [6, 6.07) is 8.39. The van der Waals surface area contributed by atoms with Crippen LogP contribution in [0.1, 0.15) is 64.2 Å². The molecule has 0 saturated heterocycles. The lowest BCUT2D eigenvalue weighted by Gasteiger charge is -2.16. The number of hydrogen-bond acceptors (Lipinski definition) is 5. The molecule has 2 saturated carbocycles. The van der Waals surface area contributed by atoms with Crippen LogP contribution < -0.4 is 10.1 Å². The van der Waals surface area contributed by atoms with Gasteiger partial charge >= 0.3 is 0 Å². The Hall–Kier alpha value is -2.28. The van der Waals surface area contributed by atoms with Crippen molar-refractivity contribution < 1.29 is 9.53 Å². The molecule has 0 aliphatic heterocycles. The van der Waals surface area contributed by atoms with Gasteiger partial charge in [0.25, 0.3) is 0 Å². The van der Waals surface area contributed by atoms with Crippen LogP contribution >= 0.6 is 11.8 Å². The molecule has 1 N–H and O–H groups in total. The fourth-order valence-corrected chi connectivity index (χ4v) is 5.37. The van der Waals surface area contributed by atoms with Crippen LogP contribution in [0.5, 0.6) is 5.75 Å². The lowest BCUT2D eigenvalue weighted by atomic mass is 10.1. The molecule has 2 aromatic rings. The highest BCUT2D eigenvalue weighted by Crippen LogP contribution is 2.28. The van der Waals surface area contributed by atoms with Crippen molar-refractivity contribution >= 4 is 17.7 Å². The van der Waals surface area contributed by atoms with E-state index in [9.17, 15) is 4.79 Å². The highest BCUT2D eigenvalue weighted by atomic mass is 32.2. The van der Waals surface area contributed by atoms with Crippen LogP contribution in [0.2, 0.25) is 0 Å². The van der Waals surface area contributed by atoms with Crippen LogP contribution in [0.3, 0.4) is 0 Å². The van der Waals surface area contributed by atoms with Gasteiger partial charge in [-0.1, -0.05) is 43.5 Å². The van der Waals surface area contributed by atoms with E-state index in [1.165, 1.54) is 50.3 Å². The smallest absolute Gasteiger partial charge is 0.230 e. The van der Waals surface area contributed by atoms with Crippen molar-refractivity contribution in [2.24, 2.45) is 0 Å². The molecule has 2 aliphatic rings. The number of thioether (sulfide) groups is 1. The SMILES string of the molecule is C=CCn1c(SCC(=O)NC2CCCCCC2)nnc1-c1ccc(OC2CCCC2)cc1. The van der Waals surface area contributed by atoms with E-state index in [4.69, 9.17) is 4.74 Å². The Kier molecular flexibility index (Phi) is 8.26. The Morgan fingerprint density at radius 1 is 1.06 bits per heavy atom. The van der Waals surface area contributed by atoms with E-state index in [0.717, 1.165) is 48.0 Å². The fourth-order valence-electron chi connectivity index (χ4n) is 4.61. The summed E-state index contributed by atoms with van der Waals surface area (Å²) < 4.78 is 8.09. The second-order valence-electron chi connectivity index (χ2n) is 8.80. The van der Waals surface area contributed by atoms with Gasteiger partial charge in [0.2, 0.25) is 5.91 Å². The second-order valence-corrected chi connectivity index (χ2v) is 9.74. The third-order valence-electron chi connectivity index (χ3n) is 6.30. The highest BCUT2D eigenvalue weighted by molar-refractivity contribution is 7.99. The number of amides is 1. The first-order valence-electron chi connectivity index (χ1n) is 12.0. The predicted octanol–water partition coefficient (Wildman–Crippen LogP) is 5.38. The zero-order valence-corrected chi connectivity index (χ0v) is 19.6. The lowest BCUT2D eigenvalue weighted by Crippen LogP contribution is -2.35. The molecule has 0 bridgehead atoms. The quantitative estimate of drug-likeness (QED) is 0.313. The number of ether oxygens (including phenoxy) is 1. The Bertz CT molecular complexity index is 882. The highest BCUT2D eigenvalue weighted by Gasteiger charge is 2.19. The molecule has 2 fully saturated rings. The fraction of sp³-hybridized carbons (Fsp3) is 0.560. The van der Waals surface area contributed by atoms with Crippen LogP contribution in [0.25, 0.3) is 11.4 Å². The molecule has 4 rings (SSSR count). The maximum Gasteiger partial charge on any atom is 0.230 e. The van der Waals surface area contributed by atoms with E-state index >= 15 is 0 Å². The summed E-state index contributed by atoms with van der Waals surface area (Å²) >= 11 is 1.43. The molecular weight excluding hydrogens is 420 g/mol. The van der Waals surface area contributed by atoms with Gasteiger partial charge < -0.3 is 10.1 Å². The number of nitrogens with zero attached hydrogens (tertiary/aromatic N) is 3. The van der Waals surface area contributed by atoms with Crippen LogP contribution in [-0.4, -0.2) is 38.6 Å². The first kappa shape index (κ1) is 22.9. The largest absolute Gasteiger partial charge is 0.490 e. The Balaban J connectivity index is 1.38. The van der Waals surface area contributed by atoms with Crippen molar-refractivity contribution in [1.82, 2.24) is 20.1 Å². The average Bonchev–Trinajstić information content (AvgIpc) is 3.38. The van der Waals surface area contributed by atoms with E-state index in [1.54, 1.807) is 0 Å². The van der Waals surface area contributed by atoms with Crippen LogP contribution in [0.15, 0.2) is 42.1 Å². The minimum atomic E-state index is 0.0741. The monoisotopic (exact) mass is 454 g/mol. The summed E-state index contributed by atoms with van der Waals surface area (Å²) in [4.78, 5) is 12.5. The van der Waals surface area contributed by atoms with E-state index < -0.39 is 0 Å². The number of benzene rings is 1. The van der Waals surface area contributed by atoms with E-state index in [0.29, 0.717) is 24.4 Å². The molecule has 6 nitrogen and oxygen atoms in total. The van der Waals surface area contributed by atoms with Crippen molar-refractivity contribution in [3.8, 4) is 17.1 Å². The number of carbonyl (C=O) groups is 1. The van der Waals surface area contributed by atoms with Gasteiger partial charge in [-0.15, -0.1) is 16.8 Å². The number of hydrogen-bond donors (Lipinski definition) is 1. The standard InChI is InChI=1S/C25H34N4O2S/c1-2-17-29-24(19-13-15-22(16-14-19)31-21-11-7-8-12-21)27-28-25(29)32-18-23(30)26-20-9-5-3-4-6-10-20/h2,13-16,20-21H,1,3-12,17-18H2,(H,26,30). The molecule has 1 aromatic carbocycles. The van der Waals surface area contributed by atoms with E-state index in [1.807, 2.05) is 34.9 Å². The lowest BCUT2D eigenvalue weighted by molar-refractivity contribution is -0.119. The molecule has 2 aliphatic carbocycles. The third kappa shape index (κ3) is 6.15. The van der Waals surface area contributed by atoms with Crippen LogP contribution in [0.4, 0.5) is 0 Å². The first-order valence-corrected chi connectivity index (χ1v) is 12.9. The number of nitrogens with one attached hydrogen (secondary N) is 1. The van der Waals surface area contributed by atoms with Crippen molar-refractivity contribution in [3.05, 3.63) is 36.9 Å². The molecule has 0 radical (unpaired) electrons. The molecule has 172 valence electrons. The zero-order valence-electron chi connectivity index (χ0n) is 18.8. The molecule has 1 aromatic heterocycles. The van der Waals surface area contributed by atoms with E-state index in [-0.39, 0.29) is 5.91 Å². The van der Waals surface area contributed by atoms with Gasteiger partial charge in [0.15, 0.2) is 11.0 Å². The molecule has 0 atom stereocenters. The Morgan fingerprint density at radius 2 is 1.75 bits per heavy atom. The number of rotatable bonds is 9. The van der Waals surface area contributed by atoms with Crippen LogP contribution in [-0.2, 0) is 11.3 Å². The van der Waals surface area contributed by atoms with Crippen molar-refractivity contribution in [1.29, 1.82) is 0 Å². The van der Waals surface area contributed by atoms with Crippen molar-refractivity contribution in [2.75, 3.05) is 5.75 Å². The second kappa shape index (κ2) is 11.5. The third-order valence-corrected chi connectivity index (χ3v) is 7.27. The molecule has 0 unspecified atom stereocenters. The van der Waals surface area contributed by atoms with Crippen LogP contribution in [0, 0.1) is 0 Å². The molecular formula is C25H34N4O2S. The van der Waals surface area contributed by atoms with Gasteiger partial charge in [0, 0.05) is 18.2 Å². The minimum Gasteiger partial charge on any atom is -0.490 e. The molecule has 7 heteroatoms. The zero-order chi connectivity index (χ0) is 22.2. The number of allylic oxidation sites excluding steroid dienone is 1. The summed E-state index contributed by atoms with van der Waals surface area (Å²) in [5.41, 5.74) is 0.980. The van der Waals surface area contributed by atoms with Crippen molar-refractivity contribution in [3.63, 3.8) is 0 Å². The van der Waals surface area contributed by atoms with Gasteiger partial charge in [-0.2, -0.15) is 0 Å². The van der Waals surface area contributed by atoms with Gasteiger partial charge in [-0.3, -0.25) is 9.36 Å². The van der Waals surface area contributed by atoms with Gasteiger partial charge in [-0.05, 0) is 62.8 Å². The van der Waals surface area contributed by atoms with Gasteiger partial charge in [-0.25, -0.2) is 0 Å². The number of carbonyl (C=O) groups excluding carboxylic acids is 1. The number of aromatic nitrogens is 3. The van der Waals surface area contributed by atoms with E-state index in [2.05, 4.69) is 22.1 Å². The van der Waals surface area contributed by atoms with Gasteiger partial charge in [0.05, 0.1) is 11.9 Å².